The zero-order chi connectivity index (χ0) is 20.1. The normalized spacial score (nSPS) is 10.1. The highest BCUT2D eigenvalue weighted by atomic mass is 16.5. The first-order valence-electron chi connectivity index (χ1n) is 8.15. The monoisotopic (exact) mass is 376 g/mol. The Morgan fingerprint density at radius 2 is 1.96 bits per heavy atom. The molecule has 0 spiro atoms. The highest BCUT2D eigenvalue weighted by molar-refractivity contribution is 6.00. The number of ether oxygens (including phenoxy) is 1. The van der Waals surface area contributed by atoms with Gasteiger partial charge in [-0.3, -0.25) is 4.79 Å². The molecule has 1 heterocycles. The highest BCUT2D eigenvalue weighted by Crippen LogP contribution is 2.30. The van der Waals surface area contributed by atoms with Crippen LogP contribution in [-0.4, -0.2) is 28.3 Å². The summed E-state index contributed by atoms with van der Waals surface area (Å²) in [4.78, 5) is 22.8. The molecule has 0 aliphatic heterocycles. The van der Waals surface area contributed by atoms with Crippen LogP contribution < -0.4 is 21.5 Å². The molecule has 9 heteroatoms. The van der Waals surface area contributed by atoms with Crippen LogP contribution in [0.3, 0.4) is 0 Å². The number of urea groups is 1. The molecule has 3 amide bonds. The summed E-state index contributed by atoms with van der Waals surface area (Å²) >= 11 is 0. The van der Waals surface area contributed by atoms with E-state index in [0.29, 0.717) is 11.4 Å². The van der Waals surface area contributed by atoms with Crippen molar-refractivity contribution in [1.82, 2.24) is 9.78 Å². The SMILES string of the molecule is N#CCOc1cccc(-c2ccccc2-n2cc(NC(N)=O)c(C(N)=O)n2)c1. The van der Waals surface area contributed by atoms with Gasteiger partial charge in [-0.2, -0.15) is 10.4 Å². The Morgan fingerprint density at radius 3 is 2.68 bits per heavy atom. The van der Waals surface area contributed by atoms with Gasteiger partial charge >= 0.3 is 6.03 Å². The minimum Gasteiger partial charge on any atom is -0.479 e. The van der Waals surface area contributed by atoms with Crippen LogP contribution in [0.25, 0.3) is 16.8 Å². The summed E-state index contributed by atoms with van der Waals surface area (Å²) in [6.45, 7) is -0.0611. The molecule has 0 saturated heterocycles. The smallest absolute Gasteiger partial charge is 0.316 e. The Labute approximate surface area is 160 Å². The molecule has 0 saturated carbocycles. The summed E-state index contributed by atoms with van der Waals surface area (Å²) < 4.78 is 6.79. The molecular formula is C19H16N6O3. The van der Waals surface area contributed by atoms with Gasteiger partial charge in [0.25, 0.3) is 5.91 Å². The van der Waals surface area contributed by atoms with Gasteiger partial charge in [-0.25, -0.2) is 9.48 Å². The van der Waals surface area contributed by atoms with E-state index in [1.165, 1.54) is 10.9 Å². The topological polar surface area (TPSA) is 149 Å². The van der Waals surface area contributed by atoms with E-state index in [1.54, 1.807) is 24.3 Å². The van der Waals surface area contributed by atoms with Crippen molar-refractivity contribution >= 4 is 17.6 Å². The summed E-state index contributed by atoms with van der Waals surface area (Å²) in [5.41, 5.74) is 12.7. The van der Waals surface area contributed by atoms with Gasteiger partial charge in [-0.05, 0) is 23.8 Å². The van der Waals surface area contributed by atoms with Gasteiger partial charge in [0, 0.05) is 5.56 Å². The largest absolute Gasteiger partial charge is 0.479 e. The minimum atomic E-state index is -0.835. The van der Waals surface area contributed by atoms with Crippen LogP contribution >= 0.6 is 0 Å². The highest BCUT2D eigenvalue weighted by Gasteiger charge is 2.18. The quantitative estimate of drug-likeness (QED) is 0.602. The molecule has 0 fully saturated rings. The van der Waals surface area contributed by atoms with Crippen molar-refractivity contribution in [3.05, 3.63) is 60.4 Å². The molecule has 0 aliphatic rings. The second kappa shape index (κ2) is 7.92. The lowest BCUT2D eigenvalue weighted by molar-refractivity contribution is 0.0996. The predicted octanol–water partition coefficient (Wildman–Crippen LogP) is 2.03. The van der Waals surface area contributed by atoms with Crippen LogP contribution in [0.5, 0.6) is 5.75 Å². The Bertz CT molecular complexity index is 1080. The van der Waals surface area contributed by atoms with Crippen LogP contribution in [-0.2, 0) is 0 Å². The van der Waals surface area contributed by atoms with Crippen molar-refractivity contribution in [2.24, 2.45) is 11.5 Å². The fraction of sp³-hybridized carbons (Fsp3) is 0.0526. The maximum atomic E-state index is 11.7. The number of anilines is 1. The van der Waals surface area contributed by atoms with Crippen molar-refractivity contribution in [2.45, 2.75) is 0 Å². The van der Waals surface area contributed by atoms with Crippen LogP contribution in [0.1, 0.15) is 10.5 Å². The second-order valence-electron chi connectivity index (χ2n) is 5.68. The Balaban J connectivity index is 2.08. The maximum absolute atomic E-state index is 11.7. The predicted molar refractivity (Wildman–Crippen MR) is 102 cm³/mol. The summed E-state index contributed by atoms with van der Waals surface area (Å²) in [7, 11) is 0. The fourth-order valence-corrected chi connectivity index (χ4v) is 2.69. The number of primary amides is 2. The number of benzene rings is 2. The Kier molecular flexibility index (Phi) is 5.23. The molecule has 9 nitrogen and oxygen atoms in total. The summed E-state index contributed by atoms with van der Waals surface area (Å²) in [5.74, 6) is -0.255. The lowest BCUT2D eigenvalue weighted by Crippen LogP contribution is -2.22. The van der Waals surface area contributed by atoms with E-state index in [2.05, 4.69) is 10.4 Å². The number of hydrogen-bond acceptors (Lipinski definition) is 5. The molecule has 28 heavy (non-hydrogen) atoms. The standard InChI is InChI=1S/C19H16N6O3/c20-8-9-28-13-5-3-4-12(10-13)14-6-1-2-7-16(14)25-11-15(23-19(22)27)17(24-25)18(21)26/h1-7,10-11H,9H2,(H2,21,26)(H3,22,23,27). The molecule has 3 rings (SSSR count). The van der Waals surface area contributed by atoms with E-state index in [0.717, 1.165) is 11.1 Å². The molecule has 1 aromatic heterocycles. The van der Waals surface area contributed by atoms with Gasteiger partial charge < -0.3 is 21.5 Å². The van der Waals surface area contributed by atoms with Crippen LogP contribution in [0, 0.1) is 11.3 Å². The van der Waals surface area contributed by atoms with E-state index in [-0.39, 0.29) is 18.0 Å². The number of aromatic nitrogens is 2. The number of hydrogen-bond donors (Lipinski definition) is 3. The number of nitrogens with zero attached hydrogens (tertiary/aromatic N) is 3. The second-order valence-corrected chi connectivity index (χ2v) is 5.68. The van der Waals surface area contributed by atoms with Gasteiger partial charge in [0.05, 0.1) is 17.6 Å². The van der Waals surface area contributed by atoms with Crippen molar-refractivity contribution < 1.29 is 14.3 Å². The molecule has 140 valence electrons. The number of nitrogens with two attached hydrogens (primary N) is 2. The fourth-order valence-electron chi connectivity index (χ4n) is 2.69. The maximum Gasteiger partial charge on any atom is 0.316 e. The lowest BCUT2D eigenvalue weighted by atomic mass is 10.0. The number of carbonyl (C=O) groups is 2. The van der Waals surface area contributed by atoms with Crippen LogP contribution in [0.15, 0.2) is 54.7 Å². The van der Waals surface area contributed by atoms with E-state index in [1.807, 2.05) is 30.3 Å². The minimum absolute atomic E-state index is 0.0611. The first-order valence-corrected chi connectivity index (χ1v) is 8.15. The number of nitrogens with one attached hydrogen (secondary N) is 1. The third-order valence-corrected chi connectivity index (χ3v) is 3.80. The molecule has 0 bridgehead atoms. The number of carbonyl (C=O) groups excluding carboxylic acids is 2. The molecule has 0 unspecified atom stereocenters. The number of nitriles is 1. The van der Waals surface area contributed by atoms with Gasteiger partial charge in [0.2, 0.25) is 0 Å². The number of rotatable bonds is 6. The Hall–Kier alpha value is -4.32. The number of para-hydroxylation sites is 1. The number of amides is 3. The van der Waals surface area contributed by atoms with Crippen molar-refractivity contribution in [3.63, 3.8) is 0 Å². The van der Waals surface area contributed by atoms with E-state index in [4.69, 9.17) is 21.5 Å². The molecule has 3 aromatic rings. The Morgan fingerprint density at radius 1 is 1.18 bits per heavy atom. The van der Waals surface area contributed by atoms with E-state index in [9.17, 15) is 9.59 Å². The molecular weight excluding hydrogens is 360 g/mol. The zero-order valence-corrected chi connectivity index (χ0v) is 14.6. The molecule has 0 atom stereocenters. The molecule has 5 N–H and O–H groups in total. The average molecular weight is 376 g/mol. The molecule has 0 radical (unpaired) electrons. The third kappa shape index (κ3) is 3.91. The van der Waals surface area contributed by atoms with Crippen LogP contribution in [0.4, 0.5) is 10.5 Å². The van der Waals surface area contributed by atoms with Crippen molar-refractivity contribution in [1.29, 1.82) is 5.26 Å². The summed E-state index contributed by atoms with van der Waals surface area (Å²) in [6, 6.07) is 15.6. The van der Waals surface area contributed by atoms with Gasteiger partial charge in [-0.1, -0.05) is 30.3 Å². The third-order valence-electron chi connectivity index (χ3n) is 3.80. The lowest BCUT2D eigenvalue weighted by Gasteiger charge is -2.11. The summed E-state index contributed by atoms with van der Waals surface area (Å²) in [6.07, 6.45) is 1.46. The average Bonchev–Trinajstić information content (AvgIpc) is 3.10. The van der Waals surface area contributed by atoms with E-state index < -0.39 is 11.9 Å². The van der Waals surface area contributed by atoms with E-state index >= 15 is 0 Å². The first-order chi connectivity index (χ1) is 13.5. The molecule has 2 aromatic carbocycles. The summed E-state index contributed by atoms with van der Waals surface area (Å²) in [5, 5.41) is 15.2. The van der Waals surface area contributed by atoms with Gasteiger partial charge in [0.15, 0.2) is 12.3 Å². The zero-order valence-electron chi connectivity index (χ0n) is 14.6. The van der Waals surface area contributed by atoms with Crippen LogP contribution in [0.2, 0.25) is 0 Å². The van der Waals surface area contributed by atoms with Gasteiger partial charge in [0.1, 0.15) is 11.8 Å². The van der Waals surface area contributed by atoms with Crippen molar-refractivity contribution in [3.8, 4) is 28.6 Å². The first kappa shape index (κ1) is 18.5. The van der Waals surface area contributed by atoms with Crippen molar-refractivity contribution in [2.75, 3.05) is 11.9 Å². The molecule has 0 aliphatic carbocycles. The van der Waals surface area contributed by atoms with Gasteiger partial charge in [-0.15, -0.1) is 0 Å².